The van der Waals surface area contributed by atoms with Crippen LogP contribution in [0.2, 0.25) is 0 Å². The summed E-state index contributed by atoms with van der Waals surface area (Å²) in [6.45, 7) is 5.90. The first-order valence-corrected chi connectivity index (χ1v) is 7.99. The Bertz CT molecular complexity index is 877. The Morgan fingerprint density at radius 2 is 1.80 bits per heavy atom. The van der Waals surface area contributed by atoms with Crippen molar-refractivity contribution in [1.82, 2.24) is 10.2 Å². The van der Waals surface area contributed by atoms with E-state index in [1.807, 2.05) is 39.0 Å². The Kier molecular flexibility index (Phi) is 4.79. The monoisotopic (exact) mass is 343 g/mol. The van der Waals surface area contributed by atoms with Gasteiger partial charge in [-0.2, -0.15) is 0 Å². The summed E-state index contributed by atoms with van der Waals surface area (Å²) in [7, 11) is 0. The van der Waals surface area contributed by atoms with Crippen molar-refractivity contribution in [3.63, 3.8) is 0 Å². The van der Waals surface area contributed by atoms with Crippen LogP contribution in [0.1, 0.15) is 42.0 Å². The van der Waals surface area contributed by atoms with E-state index in [4.69, 9.17) is 4.42 Å². The van der Waals surface area contributed by atoms with Gasteiger partial charge in [-0.3, -0.25) is 0 Å². The summed E-state index contributed by atoms with van der Waals surface area (Å²) >= 11 is 0. The first-order chi connectivity index (χ1) is 11.9. The Labute approximate surface area is 144 Å². The maximum atomic E-state index is 12.8. The summed E-state index contributed by atoms with van der Waals surface area (Å²) in [4.78, 5) is 0. The van der Waals surface area contributed by atoms with Crippen LogP contribution >= 0.6 is 0 Å². The number of alkyl halides is 2. The van der Waals surface area contributed by atoms with Crippen LogP contribution in [0.5, 0.6) is 0 Å². The molecule has 0 aliphatic carbocycles. The number of hydrogen-bond acceptors (Lipinski definition) is 4. The van der Waals surface area contributed by atoms with Crippen molar-refractivity contribution in [3.8, 4) is 11.5 Å². The number of nitrogens with zero attached hydrogens (tertiary/aromatic N) is 2. The third-order valence-corrected chi connectivity index (χ3v) is 4.09. The van der Waals surface area contributed by atoms with Crippen LogP contribution in [-0.2, 0) is 0 Å². The minimum atomic E-state index is -2.50. The van der Waals surface area contributed by atoms with Crippen molar-refractivity contribution in [3.05, 3.63) is 65.0 Å². The highest BCUT2D eigenvalue weighted by Gasteiger charge is 2.16. The molecule has 1 aromatic heterocycles. The fourth-order valence-electron chi connectivity index (χ4n) is 2.48. The zero-order chi connectivity index (χ0) is 18.0. The second kappa shape index (κ2) is 7.01. The van der Waals surface area contributed by atoms with Crippen LogP contribution in [0, 0.1) is 13.8 Å². The highest BCUT2D eigenvalue weighted by atomic mass is 19.3. The molecule has 3 rings (SSSR count). The van der Waals surface area contributed by atoms with E-state index in [1.165, 1.54) is 17.7 Å². The molecule has 130 valence electrons. The van der Waals surface area contributed by atoms with Gasteiger partial charge in [0.25, 0.3) is 6.43 Å². The van der Waals surface area contributed by atoms with Crippen LogP contribution in [0.25, 0.3) is 11.5 Å². The molecule has 6 heteroatoms. The summed E-state index contributed by atoms with van der Waals surface area (Å²) in [6.07, 6.45) is -2.50. The maximum Gasteiger partial charge on any atom is 0.263 e. The van der Waals surface area contributed by atoms with Gasteiger partial charge in [-0.1, -0.05) is 18.2 Å². The van der Waals surface area contributed by atoms with Crippen molar-refractivity contribution in [1.29, 1.82) is 0 Å². The zero-order valence-corrected chi connectivity index (χ0v) is 14.3. The predicted molar refractivity (Wildman–Crippen MR) is 92.6 cm³/mol. The molecule has 1 heterocycles. The van der Waals surface area contributed by atoms with Gasteiger partial charge < -0.3 is 9.73 Å². The van der Waals surface area contributed by atoms with Gasteiger partial charge >= 0.3 is 0 Å². The van der Waals surface area contributed by atoms with Crippen LogP contribution in [0.3, 0.4) is 0 Å². The number of hydrogen-bond donors (Lipinski definition) is 1. The van der Waals surface area contributed by atoms with Gasteiger partial charge in [-0.15, -0.1) is 10.2 Å². The van der Waals surface area contributed by atoms with Crippen LogP contribution < -0.4 is 5.32 Å². The molecule has 0 unspecified atom stereocenters. The molecular weight excluding hydrogens is 324 g/mol. The lowest BCUT2D eigenvalue weighted by atomic mass is 10.1. The number of nitrogens with one attached hydrogen (secondary N) is 1. The first kappa shape index (κ1) is 17.1. The molecule has 2 aromatic carbocycles. The Balaban J connectivity index is 1.77. The standard InChI is InChI=1S/C19H19F2N3O/c1-11-7-8-15(9-12(11)2)19-24-23-18(25-19)13(3)22-16-6-4-5-14(10-16)17(20)21/h4-10,13,17,22H,1-3H3/t13-/m0/s1. The van der Waals surface area contributed by atoms with Gasteiger partial charge in [0.15, 0.2) is 0 Å². The topological polar surface area (TPSA) is 51.0 Å². The second-order valence-electron chi connectivity index (χ2n) is 6.04. The molecule has 1 atom stereocenters. The van der Waals surface area contributed by atoms with Crippen LogP contribution in [0.4, 0.5) is 14.5 Å². The summed E-state index contributed by atoms with van der Waals surface area (Å²) in [5.74, 6) is 0.837. The Morgan fingerprint density at radius 3 is 2.52 bits per heavy atom. The van der Waals surface area contributed by atoms with Gasteiger partial charge in [0, 0.05) is 16.8 Å². The average molecular weight is 343 g/mol. The van der Waals surface area contributed by atoms with Gasteiger partial charge in [0.05, 0.1) is 0 Å². The predicted octanol–water partition coefficient (Wildman–Crippen LogP) is 5.46. The number of aryl methyl sites for hydroxylation is 2. The summed E-state index contributed by atoms with van der Waals surface area (Å²) < 4.78 is 31.3. The maximum absolute atomic E-state index is 12.8. The Hall–Kier alpha value is -2.76. The molecule has 0 saturated carbocycles. The minimum Gasteiger partial charge on any atom is -0.418 e. The lowest BCUT2D eigenvalue weighted by molar-refractivity contribution is 0.151. The van der Waals surface area contributed by atoms with Crippen molar-refractivity contribution in [2.75, 3.05) is 5.32 Å². The lowest BCUT2D eigenvalue weighted by Gasteiger charge is -2.12. The molecule has 0 aliphatic heterocycles. The minimum absolute atomic E-state index is 0.0291. The lowest BCUT2D eigenvalue weighted by Crippen LogP contribution is -2.07. The molecular formula is C19H19F2N3O. The number of rotatable bonds is 5. The highest BCUT2D eigenvalue weighted by Crippen LogP contribution is 2.26. The SMILES string of the molecule is Cc1ccc(-c2nnc([C@H](C)Nc3cccc(C(F)F)c3)o2)cc1C. The summed E-state index contributed by atoms with van der Waals surface area (Å²) in [5, 5.41) is 11.3. The number of aromatic nitrogens is 2. The van der Waals surface area contributed by atoms with Gasteiger partial charge in [-0.25, -0.2) is 8.78 Å². The number of benzene rings is 2. The normalized spacial score (nSPS) is 12.4. The molecule has 0 fully saturated rings. The molecule has 0 bridgehead atoms. The van der Waals surface area contributed by atoms with E-state index in [0.29, 0.717) is 17.5 Å². The third-order valence-electron chi connectivity index (χ3n) is 4.09. The largest absolute Gasteiger partial charge is 0.418 e. The summed E-state index contributed by atoms with van der Waals surface area (Å²) in [5.41, 5.74) is 3.74. The van der Waals surface area contributed by atoms with E-state index in [1.54, 1.807) is 12.1 Å². The third kappa shape index (κ3) is 3.84. The Morgan fingerprint density at radius 1 is 1.00 bits per heavy atom. The molecule has 0 spiro atoms. The van der Waals surface area contributed by atoms with Gasteiger partial charge in [-0.05, 0) is 56.2 Å². The number of halogens is 2. The van der Waals surface area contributed by atoms with E-state index in [-0.39, 0.29) is 11.6 Å². The molecule has 25 heavy (non-hydrogen) atoms. The summed E-state index contributed by atoms with van der Waals surface area (Å²) in [6, 6.07) is 11.8. The van der Waals surface area contributed by atoms with E-state index in [0.717, 1.165) is 11.1 Å². The molecule has 3 aromatic rings. The first-order valence-electron chi connectivity index (χ1n) is 7.99. The van der Waals surface area contributed by atoms with Gasteiger partial charge in [0.1, 0.15) is 6.04 Å². The van der Waals surface area contributed by atoms with Crippen molar-refractivity contribution < 1.29 is 13.2 Å². The van der Waals surface area contributed by atoms with Gasteiger partial charge in [0.2, 0.25) is 11.8 Å². The van der Waals surface area contributed by atoms with Crippen molar-refractivity contribution >= 4 is 5.69 Å². The van der Waals surface area contributed by atoms with Crippen molar-refractivity contribution in [2.45, 2.75) is 33.2 Å². The van der Waals surface area contributed by atoms with Crippen LogP contribution in [0.15, 0.2) is 46.9 Å². The van der Waals surface area contributed by atoms with Crippen molar-refractivity contribution in [2.24, 2.45) is 0 Å². The van der Waals surface area contributed by atoms with E-state index < -0.39 is 6.43 Å². The second-order valence-corrected chi connectivity index (χ2v) is 6.04. The fourth-order valence-corrected chi connectivity index (χ4v) is 2.48. The van der Waals surface area contributed by atoms with E-state index >= 15 is 0 Å². The van der Waals surface area contributed by atoms with E-state index in [9.17, 15) is 8.78 Å². The fraction of sp³-hybridized carbons (Fsp3) is 0.263. The molecule has 0 aliphatic rings. The zero-order valence-electron chi connectivity index (χ0n) is 14.3. The van der Waals surface area contributed by atoms with Crippen LogP contribution in [-0.4, -0.2) is 10.2 Å². The molecule has 0 radical (unpaired) electrons. The molecule has 0 amide bonds. The van der Waals surface area contributed by atoms with E-state index in [2.05, 4.69) is 15.5 Å². The number of anilines is 1. The molecule has 4 nitrogen and oxygen atoms in total. The average Bonchev–Trinajstić information content (AvgIpc) is 3.08. The highest BCUT2D eigenvalue weighted by molar-refractivity contribution is 5.55. The quantitative estimate of drug-likeness (QED) is 0.668. The molecule has 1 N–H and O–H groups in total. The smallest absolute Gasteiger partial charge is 0.263 e. The molecule has 0 saturated heterocycles.